The normalized spacial score (nSPS) is 8.73. The van der Waals surface area contributed by atoms with Gasteiger partial charge in [-0.3, -0.25) is 4.79 Å². The molecule has 0 bridgehead atoms. The van der Waals surface area contributed by atoms with Crippen LogP contribution in [0.5, 0.6) is 0 Å². The maximum Gasteiger partial charge on any atom is 0.317 e. The van der Waals surface area contributed by atoms with E-state index < -0.39 is 8.26 Å². The van der Waals surface area contributed by atoms with Crippen molar-refractivity contribution < 1.29 is 13.2 Å². The molecule has 15 heavy (non-hydrogen) atoms. The van der Waals surface area contributed by atoms with Crippen molar-refractivity contribution in [2.45, 2.75) is 6.92 Å². The molecule has 7 heteroatoms. The average molecular weight is 272 g/mol. The molecule has 0 spiro atoms. The highest BCUT2D eigenvalue weighted by molar-refractivity contribution is 8.31. The van der Waals surface area contributed by atoms with Crippen LogP contribution in [0.3, 0.4) is 0 Å². The summed E-state index contributed by atoms with van der Waals surface area (Å²) in [5.74, 6) is -0.333. The van der Waals surface area contributed by atoms with Crippen molar-refractivity contribution in [3.8, 4) is 0 Å². The number of nitrogens with two attached hydrogens (primary N) is 1. The molecule has 4 nitrogen and oxygen atoms in total. The van der Waals surface area contributed by atoms with Crippen molar-refractivity contribution >= 4 is 35.5 Å². The van der Waals surface area contributed by atoms with Crippen LogP contribution in [0.25, 0.3) is 0 Å². The van der Waals surface area contributed by atoms with E-state index in [0.717, 1.165) is 0 Å². The van der Waals surface area contributed by atoms with Gasteiger partial charge in [-0.1, -0.05) is 36.4 Å². The van der Waals surface area contributed by atoms with Crippen LogP contribution in [-0.4, -0.2) is 14.3 Å². The zero-order valence-electron chi connectivity index (χ0n) is 7.93. The molecule has 2 N–H and O–H groups in total. The van der Waals surface area contributed by atoms with Gasteiger partial charge >= 0.3 is 8.26 Å². The van der Waals surface area contributed by atoms with Crippen molar-refractivity contribution in [3.05, 3.63) is 36.4 Å². The Morgan fingerprint density at radius 3 is 1.13 bits per heavy atom. The number of primary amides is 1. The fourth-order valence-electron chi connectivity index (χ4n) is 0.385. The Bertz CT molecular complexity index is 315. The van der Waals surface area contributed by atoms with Crippen molar-refractivity contribution in [1.82, 2.24) is 0 Å². The first kappa shape index (κ1) is 16.6. The summed E-state index contributed by atoms with van der Waals surface area (Å²) in [5, 5.41) is 0. The van der Waals surface area contributed by atoms with Crippen LogP contribution in [0.15, 0.2) is 36.4 Å². The van der Waals surface area contributed by atoms with Crippen LogP contribution in [0, 0.1) is 0 Å². The van der Waals surface area contributed by atoms with E-state index in [4.69, 9.17) is 8.42 Å². The van der Waals surface area contributed by atoms with E-state index >= 15 is 0 Å². The van der Waals surface area contributed by atoms with E-state index in [1.54, 1.807) is 0 Å². The zero-order chi connectivity index (χ0) is 12.3. The third kappa shape index (κ3) is 61.1. The quantitative estimate of drug-likeness (QED) is 0.732. The van der Waals surface area contributed by atoms with Gasteiger partial charge in [-0.2, -0.15) is 8.42 Å². The second-order valence-corrected chi connectivity index (χ2v) is 5.81. The summed E-state index contributed by atoms with van der Waals surface area (Å²) in [4.78, 5) is 9.22. The summed E-state index contributed by atoms with van der Waals surface area (Å²) in [6.07, 6.45) is 0. The number of carbonyl (C=O) groups is 1. The van der Waals surface area contributed by atoms with Crippen LogP contribution in [0.2, 0.25) is 0 Å². The molecular formula is C8H11Cl2NO3S. The van der Waals surface area contributed by atoms with Crippen LogP contribution in [0.4, 0.5) is 0 Å². The fraction of sp³-hybridized carbons (Fsp3) is 0.125. The van der Waals surface area contributed by atoms with Crippen molar-refractivity contribution in [2.75, 3.05) is 0 Å². The Kier molecular flexibility index (Phi) is 10.8. The molecule has 1 rings (SSSR count). The SMILES string of the molecule is CC(N)=O.O=S(=O)(Cl)Cl.c1ccccc1. The van der Waals surface area contributed by atoms with Crippen LogP contribution in [0.1, 0.15) is 6.92 Å². The van der Waals surface area contributed by atoms with Gasteiger partial charge in [-0.05, 0) is 0 Å². The fourth-order valence-corrected chi connectivity index (χ4v) is 0.385. The van der Waals surface area contributed by atoms with E-state index in [2.05, 4.69) is 27.1 Å². The first-order valence-corrected chi connectivity index (χ1v) is 6.77. The molecule has 0 saturated carbocycles. The topological polar surface area (TPSA) is 77.2 Å². The summed E-state index contributed by atoms with van der Waals surface area (Å²) >= 11 is 0. The van der Waals surface area contributed by atoms with E-state index in [1.165, 1.54) is 6.92 Å². The standard InChI is InChI=1S/C6H6.C2H5NO.Cl2O2S/c1-2-4-6-5-3-1;1-2(3)4;1-5(2,3)4/h1-6H;1H3,(H2,3,4);. The average Bonchev–Trinajstić information content (AvgIpc) is 2.03. The highest BCUT2D eigenvalue weighted by Crippen LogP contribution is 1.98. The number of halogens is 2. The van der Waals surface area contributed by atoms with Crippen LogP contribution in [-0.2, 0) is 13.1 Å². The maximum absolute atomic E-state index is 9.22. The summed E-state index contributed by atoms with van der Waals surface area (Å²) in [5.41, 5.74) is 4.47. The number of rotatable bonds is 0. The minimum atomic E-state index is -3.72. The van der Waals surface area contributed by atoms with Crippen molar-refractivity contribution in [2.24, 2.45) is 5.73 Å². The number of amides is 1. The lowest BCUT2D eigenvalue weighted by atomic mass is 10.4. The predicted octanol–water partition coefficient (Wildman–Crippen LogP) is 1.89. The van der Waals surface area contributed by atoms with E-state index in [1.807, 2.05) is 36.4 Å². The molecule has 0 fully saturated rings. The zero-order valence-corrected chi connectivity index (χ0v) is 10.3. The van der Waals surface area contributed by atoms with Crippen molar-refractivity contribution in [3.63, 3.8) is 0 Å². The number of benzene rings is 1. The van der Waals surface area contributed by atoms with Gasteiger partial charge in [0.15, 0.2) is 0 Å². The van der Waals surface area contributed by atoms with Crippen molar-refractivity contribution in [1.29, 1.82) is 0 Å². The molecule has 0 atom stereocenters. The van der Waals surface area contributed by atoms with Gasteiger partial charge in [0.1, 0.15) is 0 Å². The lowest BCUT2D eigenvalue weighted by Crippen LogP contribution is -2.01. The van der Waals surface area contributed by atoms with E-state index in [9.17, 15) is 4.79 Å². The van der Waals surface area contributed by atoms with Gasteiger partial charge in [0, 0.05) is 28.3 Å². The van der Waals surface area contributed by atoms with E-state index in [0.29, 0.717) is 0 Å². The molecule has 1 aromatic rings. The third-order valence-electron chi connectivity index (χ3n) is 0.667. The van der Waals surface area contributed by atoms with Crippen LogP contribution < -0.4 is 5.73 Å². The molecule has 1 amide bonds. The third-order valence-corrected chi connectivity index (χ3v) is 0.667. The van der Waals surface area contributed by atoms with Gasteiger partial charge < -0.3 is 5.73 Å². The van der Waals surface area contributed by atoms with Crippen LogP contribution >= 0.6 is 21.4 Å². The second-order valence-electron chi connectivity index (χ2n) is 2.14. The Balaban J connectivity index is 0. The molecule has 0 unspecified atom stereocenters. The van der Waals surface area contributed by atoms with E-state index in [-0.39, 0.29) is 5.91 Å². The number of carbonyl (C=O) groups excluding carboxylic acids is 1. The summed E-state index contributed by atoms with van der Waals surface area (Å²) in [6.45, 7) is 1.31. The molecular weight excluding hydrogens is 261 g/mol. The highest BCUT2D eigenvalue weighted by atomic mass is 36.0. The van der Waals surface area contributed by atoms with Gasteiger partial charge in [0.2, 0.25) is 5.91 Å². The summed E-state index contributed by atoms with van der Waals surface area (Å²) in [7, 11) is 4.81. The molecule has 0 heterocycles. The molecule has 0 aliphatic rings. The first-order chi connectivity index (χ1) is 6.73. The second kappa shape index (κ2) is 9.76. The molecule has 0 aliphatic carbocycles. The minimum Gasteiger partial charge on any atom is -0.370 e. The first-order valence-electron chi connectivity index (χ1n) is 3.63. The maximum atomic E-state index is 9.22. The molecule has 0 aliphatic heterocycles. The van der Waals surface area contributed by atoms with Gasteiger partial charge in [-0.15, -0.1) is 0 Å². The summed E-state index contributed by atoms with van der Waals surface area (Å²) in [6, 6.07) is 12.0. The molecule has 0 radical (unpaired) electrons. The molecule has 86 valence electrons. The Morgan fingerprint density at radius 2 is 1.07 bits per heavy atom. The molecule has 1 aromatic carbocycles. The largest absolute Gasteiger partial charge is 0.370 e. The van der Waals surface area contributed by atoms with Gasteiger partial charge in [0.25, 0.3) is 0 Å². The Labute approximate surface area is 97.9 Å². The Morgan fingerprint density at radius 1 is 1.00 bits per heavy atom. The van der Waals surface area contributed by atoms with Gasteiger partial charge in [-0.25, -0.2) is 0 Å². The minimum absolute atomic E-state index is 0.333. The lowest BCUT2D eigenvalue weighted by Gasteiger charge is -1.69. The lowest BCUT2D eigenvalue weighted by molar-refractivity contribution is -0.115. The molecule has 0 aromatic heterocycles. The monoisotopic (exact) mass is 271 g/mol. The Hall–Kier alpha value is -0.780. The van der Waals surface area contributed by atoms with Gasteiger partial charge in [0.05, 0.1) is 0 Å². The predicted molar refractivity (Wildman–Crippen MR) is 61.9 cm³/mol. The summed E-state index contributed by atoms with van der Waals surface area (Å²) < 4.78 is 18.3. The molecule has 0 saturated heterocycles. The number of hydrogen-bond acceptors (Lipinski definition) is 3. The highest BCUT2D eigenvalue weighted by Gasteiger charge is 1.88. The number of hydrogen-bond donors (Lipinski definition) is 1. The smallest absolute Gasteiger partial charge is 0.317 e.